The Kier molecular flexibility index (Phi) is 2.73. The van der Waals surface area contributed by atoms with Crippen LogP contribution in [0.5, 0.6) is 0 Å². The van der Waals surface area contributed by atoms with Crippen molar-refractivity contribution >= 4 is 17.5 Å². The lowest BCUT2D eigenvalue weighted by Crippen LogP contribution is -2.04. The Morgan fingerprint density at radius 2 is 2.18 bits per heavy atom. The van der Waals surface area contributed by atoms with Gasteiger partial charge in [-0.25, -0.2) is 0 Å². The van der Waals surface area contributed by atoms with E-state index in [0.29, 0.717) is 12.1 Å². The summed E-state index contributed by atoms with van der Waals surface area (Å²) in [4.78, 5) is 11.9. The van der Waals surface area contributed by atoms with Crippen molar-refractivity contribution in [1.29, 1.82) is 0 Å². The van der Waals surface area contributed by atoms with Crippen LogP contribution in [0, 0.1) is 0 Å². The number of fused-ring (bicyclic) bond motifs is 1. The molecule has 0 radical (unpaired) electrons. The molecule has 1 aromatic carbocycles. The normalized spacial score (nSPS) is 13.6. The van der Waals surface area contributed by atoms with Gasteiger partial charge in [-0.2, -0.15) is 8.75 Å². The van der Waals surface area contributed by atoms with Crippen molar-refractivity contribution < 1.29 is 4.79 Å². The first-order valence-corrected chi connectivity index (χ1v) is 6.47. The fourth-order valence-electron chi connectivity index (χ4n) is 2.30. The molecule has 17 heavy (non-hydrogen) atoms. The SMILES string of the molecule is O=C(Cc1ccc2c(c1)CCC2)c1cnsn1. The minimum absolute atomic E-state index is 0.0525. The van der Waals surface area contributed by atoms with E-state index < -0.39 is 0 Å². The third kappa shape index (κ3) is 2.13. The summed E-state index contributed by atoms with van der Waals surface area (Å²) < 4.78 is 7.82. The molecule has 2 aromatic rings. The molecule has 0 saturated carbocycles. The van der Waals surface area contributed by atoms with E-state index in [1.54, 1.807) is 6.20 Å². The number of rotatable bonds is 3. The zero-order valence-corrected chi connectivity index (χ0v) is 10.2. The number of aryl methyl sites for hydroxylation is 2. The first-order valence-electron chi connectivity index (χ1n) is 5.74. The summed E-state index contributed by atoms with van der Waals surface area (Å²) in [5.41, 5.74) is 4.42. The summed E-state index contributed by atoms with van der Waals surface area (Å²) in [7, 11) is 0. The lowest BCUT2D eigenvalue weighted by atomic mass is 10.0. The first kappa shape index (κ1) is 10.6. The van der Waals surface area contributed by atoms with Crippen molar-refractivity contribution in [1.82, 2.24) is 8.75 Å². The quantitative estimate of drug-likeness (QED) is 0.779. The van der Waals surface area contributed by atoms with Crippen LogP contribution in [0.3, 0.4) is 0 Å². The van der Waals surface area contributed by atoms with Crippen LogP contribution in [0.1, 0.15) is 33.6 Å². The maximum Gasteiger partial charge on any atom is 0.188 e. The van der Waals surface area contributed by atoms with Crippen LogP contribution in [0.2, 0.25) is 0 Å². The number of hydrogen-bond donors (Lipinski definition) is 0. The molecule has 0 spiro atoms. The van der Waals surface area contributed by atoms with Crippen LogP contribution in [0.25, 0.3) is 0 Å². The molecule has 4 heteroatoms. The average molecular weight is 244 g/mol. The van der Waals surface area contributed by atoms with Gasteiger partial charge in [0.1, 0.15) is 5.69 Å². The Hall–Kier alpha value is -1.55. The maximum atomic E-state index is 11.9. The number of carbonyl (C=O) groups is 1. The van der Waals surface area contributed by atoms with E-state index in [2.05, 4.69) is 26.9 Å². The van der Waals surface area contributed by atoms with Crippen LogP contribution >= 0.6 is 11.7 Å². The van der Waals surface area contributed by atoms with Gasteiger partial charge in [0.25, 0.3) is 0 Å². The molecule has 0 N–H and O–H groups in total. The monoisotopic (exact) mass is 244 g/mol. The number of carbonyl (C=O) groups excluding carboxylic acids is 1. The second-order valence-electron chi connectivity index (χ2n) is 4.35. The van der Waals surface area contributed by atoms with Crippen molar-refractivity contribution in [2.24, 2.45) is 0 Å². The van der Waals surface area contributed by atoms with Gasteiger partial charge in [-0.15, -0.1) is 0 Å². The highest BCUT2D eigenvalue weighted by Crippen LogP contribution is 2.23. The number of nitrogens with zero attached hydrogens (tertiary/aromatic N) is 2. The van der Waals surface area contributed by atoms with Crippen molar-refractivity contribution in [2.75, 3.05) is 0 Å². The van der Waals surface area contributed by atoms with Crippen molar-refractivity contribution in [3.8, 4) is 0 Å². The molecular formula is C13H12N2OS. The summed E-state index contributed by atoms with van der Waals surface area (Å²) in [5.74, 6) is 0.0525. The van der Waals surface area contributed by atoms with Crippen LogP contribution < -0.4 is 0 Å². The number of hydrogen-bond acceptors (Lipinski definition) is 4. The van der Waals surface area contributed by atoms with E-state index in [0.717, 1.165) is 23.7 Å². The van der Waals surface area contributed by atoms with Gasteiger partial charge in [-0.3, -0.25) is 4.79 Å². The van der Waals surface area contributed by atoms with E-state index in [-0.39, 0.29) is 5.78 Å². The number of Topliss-reactive ketones (excluding diaryl/α,β-unsaturated/α-hetero) is 1. The highest BCUT2D eigenvalue weighted by atomic mass is 32.1. The van der Waals surface area contributed by atoms with E-state index in [1.165, 1.54) is 24.0 Å². The van der Waals surface area contributed by atoms with Crippen LogP contribution in [0.15, 0.2) is 24.4 Å². The molecule has 0 aliphatic heterocycles. The third-order valence-corrected chi connectivity index (χ3v) is 3.65. The summed E-state index contributed by atoms with van der Waals surface area (Å²) in [6.45, 7) is 0. The molecule has 0 saturated heterocycles. The predicted octanol–water partition coefficient (Wildman–Crippen LogP) is 2.45. The van der Waals surface area contributed by atoms with Crippen LogP contribution in [-0.4, -0.2) is 14.5 Å². The molecule has 3 rings (SSSR count). The lowest BCUT2D eigenvalue weighted by Gasteiger charge is -2.03. The predicted molar refractivity (Wildman–Crippen MR) is 66.4 cm³/mol. The number of aromatic nitrogens is 2. The number of ketones is 1. The molecule has 1 aliphatic rings. The van der Waals surface area contributed by atoms with Gasteiger partial charge in [-0.1, -0.05) is 18.2 Å². The second kappa shape index (κ2) is 4.37. The molecule has 0 bridgehead atoms. The molecule has 86 valence electrons. The molecule has 0 atom stereocenters. The Balaban J connectivity index is 1.80. The minimum atomic E-state index is 0.0525. The molecule has 3 nitrogen and oxygen atoms in total. The first-order chi connectivity index (χ1) is 8.33. The number of benzene rings is 1. The van der Waals surface area contributed by atoms with E-state index in [4.69, 9.17) is 0 Å². The highest BCUT2D eigenvalue weighted by Gasteiger charge is 2.14. The average Bonchev–Trinajstić information content (AvgIpc) is 2.99. The molecule has 1 heterocycles. The lowest BCUT2D eigenvalue weighted by molar-refractivity contribution is 0.0989. The summed E-state index contributed by atoms with van der Waals surface area (Å²) in [6.07, 6.45) is 5.54. The van der Waals surface area contributed by atoms with Gasteiger partial charge in [0.2, 0.25) is 0 Å². The topological polar surface area (TPSA) is 42.9 Å². The molecule has 1 aliphatic carbocycles. The molecule has 0 unspecified atom stereocenters. The van der Waals surface area contributed by atoms with Gasteiger partial charge in [-0.05, 0) is 36.0 Å². The zero-order chi connectivity index (χ0) is 11.7. The highest BCUT2D eigenvalue weighted by molar-refractivity contribution is 6.99. The Labute approximate surface area is 104 Å². The van der Waals surface area contributed by atoms with Crippen LogP contribution in [-0.2, 0) is 19.3 Å². The summed E-state index contributed by atoms with van der Waals surface area (Å²) in [6, 6.07) is 6.38. The second-order valence-corrected chi connectivity index (χ2v) is 4.91. The molecule has 0 amide bonds. The minimum Gasteiger partial charge on any atom is -0.292 e. The van der Waals surface area contributed by atoms with Crippen molar-refractivity contribution in [3.63, 3.8) is 0 Å². The fourth-order valence-corrected chi connectivity index (χ4v) is 2.73. The third-order valence-electron chi connectivity index (χ3n) is 3.17. The van der Waals surface area contributed by atoms with E-state index >= 15 is 0 Å². The standard InChI is InChI=1S/C13H12N2OS/c16-13(12-8-14-17-15-12)7-9-4-5-10-2-1-3-11(10)6-9/h4-6,8H,1-3,7H2. The molecular weight excluding hydrogens is 232 g/mol. The summed E-state index contributed by atoms with van der Waals surface area (Å²) in [5, 5.41) is 0. The smallest absolute Gasteiger partial charge is 0.188 e. The van der Waals surface area contributed by atoms with E-state index in [1.807, 2.05) is 0 Å². The summed E-state index contributed by atoms with van der Waals surface area (Å²) >= 11 is 1.08. The molecule has 0 fully saturated rings. The van der Waals surface area contributed by atoms with Crippen LogP contribution in [0.4, 0.5) is 0 Å². The maximum absolute atomic E-state index is 11.9. The Morgan fingerprint density at radius 1 is 1.29 bits per heavy atom. The van der Waals surface area contributed by atoms with Gasteiger partial charge >= 0.3 is 0 Å². The Morgan fingerprint density at radius 3 is 3.00 bits per heavy atom. The van der Waals surface area contributed by atoms with Gasteiger partial charge in [0.05, 0.1) is 17.9 Å². The van der Waals surface area contributed by atoms with E-state index in [9.17, 15) is 4.79 Å². The van der Waals surface area contributed by atoms with Gasteiger partial charge < -0.3 is 0 Å². The molecule has 1 aromatic heterocycles. The van der Waals surface area contributed by atoms with Crippen molar-refractivity contribution in [2.45, 2.75) is 25.7 Å². The largest absolute Gasteiger partial charge is 0.292 e. The fraction of sp³-hybridized carbons (Fsp3) is 0.308. The zero-order valence-electron chi connectivity index (χ0n) is 9.35. The van der Waals surface area contributed by atoms with Gasteiger partial charge in [0, 0.05) is 6.42 Å². The van der Waals surface area contributed by atoms with Crippen molar-refractivity contribution in [3.05, 3.63) is 46.8 Å². The Bertz CT molecular complexity index is 549. The van der Waals surface area contributed by atoms with Gasteiger partial charge in [0.15, 0.2) is 5.78 Å².